The van der Waals surface area contributed by atoms with E-state index < -0.39 is 35.5 Å². The third-order valence-electron chi connectivity index (χ3n) is 9.45. The number of ketones is 2. The second-order valence-electron chi connectivity index (χ2n) is 10.5. The summed E-state index contributed by atoms with van der Waals surface area (Å²) in [5.74, 6) is 0.179. The van der Waals surface area contributed by atoms with Crippen LogP contribution in [0.1, 0.15) is 72.1 Å². The summed E-state index contributed by atoms with van der Waals surface area (Å²) < 4.78 is 5.69. The van der Waals surface area contributed by atoms with E-state index in [9.17, 15) is 24.6 Å². The Morgan fingerprint density at radius 3 is 2.55 bits per heavy atom. The number of fused-ring (bicyclic) bond motifs is 5. The van der Waals surface area contributed by atoms with Crippen molar-refractivity contribution in [3.05, 3.63) is 0 Å². The molecule has 0 aliphatic heterocycles. The number of ether oxygens (including phenoxy) is 1. The fraction of sp³-hybridized carbons (Fsp3) is 0.870. The average Bonchev–Trinajstić information content (AvgIpc) is 2.93. The molecule has 2 N–H and O–H groups in total. The minimum Gasteiger partial charge on any atom is -0.451 e. The molecule has 1 unspecified atom stereocenters. The van der Waals surface area contributed by atoms with Crippen LogP contribution in [0, 0.1) is 34.5 Å². The summed E-state index contributed by atoms with van der Waals surface area (Å²) in [6, 6.07) is 0. The number of hydrogen-bond donors (Lipinski definition) is 2. The van der Waals surface area contributed by atoms with Crippen LogP contribution in [0.4, 0.5) is 0 Å². The lowest BCUT2D eigenvalue weighted by Crippen LogP contribution is -2.64. The second kappa shape index (κ2) is 6.88. The number of aliphatic hydroxyl groups is 2. The Morgan fingerprint density at radius 1 is 1.17 bits per heavy atom. The predicted molar refractivity (Wildman–Crippen MR) is 105 cm³/mol. The van der Waals surface area contributed by atoms with Gasteiger partial charge < -0.3 is 14.9 Å². The lowest BCUT2D eigenvalue weighted by atomic mass is 9.43. The van der Waals surface area contributed by atoms with Gasteiger partial charge in [-0.1, -0.05) is 13.8 Å². The van der Waals surface area contributed by atoms with Gasteiger partial charge in [0, 0.05) is 25.2 Å². The lowest BCUT2D eigenvalue weighted by molar-refractivity contribution is -0.210. The molecule has 0 aromatic carbocycles. The summed E-state index contributed by atoms with van der Waals surface area (Å²) in [5.41, 5.74) is -2.11. The van der Waals surface area contributed by atoms with Crippen molar-refractivity contribution in [1.82, 2.24) is 0 Å². The predicted octanol–water partition coefficient (Wildman–Crippen LogP) is 2.43. The van der Waals surface area contributed by atoms with E-state index in [1.807, 2.05) is 6.92 Å². The van der Waals surface area contributed by atoms with Crippen LogP contribution >= 0.6 is 0 Å². The molecule has 0 aromatic rings. The first-order chi connectivity index (χ1) is 13.6. The summed E-state index contributed by atoms with van der Waals surface area (Å²) in [4.78, 5) is 36.9. The van der Waals surface area contributed by atoms with Crippen LogP contribution in [0.5, 0.6) is 0 Å². The minimum atomic E-state index is -1.36. The molecule has 162 valence electrons. The maximum atomic E-state index is 12.9. The topological polar surface area (TPSA) is 101 Å². The lowest BCUT2D eigenvalue weighted by Gasteiger charge is -2.62. The Bertz CT molecular complexity index is 733. The van der Waals surface area contributed by atoms with Crippen molar-refractivity contribution in [1.29, 1.82) is 0 Å². The number of rotatable bonds is 3. The molecule has 0 saturated heterocycles. The largest absolute Gasteiger partial charge is 0.451 e. The summed E-state index contributed by atoms with van der Waals surface area (Å²) in [5, 5.41) is 21.1. The normalized spacial score (nSPS) is 49.0. The standard InChI is InChI=1S/C23H34O6/c1-13(25)29-23(19(28)12-24)9-7-17-16-5-4-14-10-15(26)6-8-21(14,2)20(16)18(27)11-22(17,23)3/h14,16-18,20,24,27H,4-12H2,1-3H3/t14?,16-,17-,18-,20+,21-,22-,23+/m0/s1. The molecule has 6 heteroatoms. The van der Waals surface area contributed by atoms with E-state index >= 15 is 0 Å². The molecule has 4 saturated carbocycles. The van der Waals surface area contributed by atoms with Gasteiger partial charge in [0.1, 0.15) is 12.4 Å². The molecular weight excluding hydrogens is 372 g/mol. The Hall–Kier alpha value is -1.27. The molecule has 4 fully saturated rings. The maximum Gasteiger partial charge on any atom is 0.303 e. The van der Waals surface area contributed by atoms with Gasteiger partial charge in [-0.2, -0.15) is 0 Å². The van der Waals surface area contributed by atoms with Gasteiger partial charge in [-0.25, -0.2) is 0 Å². The van der Waals surface area contributed by atoms with Gasteiger partial charge in [0.05, 0.1) is 6.10 Å². The van der Waals surface area contributed by atoms with Crippen molar-refractivity contribution in [2.24, 2.45) is 34.5 Å². The Balaban J connectivity index is 1.73. The molecule has 0 aromatic heterocycles. The first kappa shape index (κ1) is 21.0. The molecule has 4 rings (SSSR count). The van der Waals surface area contributed by atoms with E-state index in [1.54, 1.807) is 0 Å². The fourth-order valence-electron chi connectivity index (χ4n) is 8.21. The smallest absolute Gasteiger partial charge is 0.303 e. The number of esters is 1. The number of hydrogen-bond acceptors (Lipinski definition) is 6. The maximum absolute atomic E-state index is 12.9. The monoisotopic (exact) mass is 406 g/mol. The van der Waals surface area contributed by atoms with Crippen molar-refractivity contribution in [3.8, 4) is 0 Å². The van der Waals surface area contributed by atoms with E-state index in [2.05, 4.69) is 6.92 Å². The van der Waals surface area contributed by atoms with Gasteiger partial charge in [0.15, 0.2) is 5.60 Å². The van der Waals surface area contributed by atoms with Gasteiger partial charge in [-0.3, -0.25) is 14.4 Å². The second-order valence-corrected chi connectivity index (χ2v) is 10.5. The highest BCUT2D eigenvalue weighted by Crippen LogP contribution is 2.68. The van der Waals surface area contributed by atoms with Crippen LogP contribution < -0.4 is 0 Å². The Morgan fingerprint density at radius 2 is 1.90 bits per heavy atom. The molecule has 0 heterocycles. The summed E-state index contributed by atoms with van der Waals surface area (Å²) in [6.07, 6.45) is 4.86. The van der Waals surface area contributed by atoms with Gasteiger partial charge in [-0.05, 0) is 67.6 Å². The fourth-order valence-corrected chi connectivity index (χ4v) is 8.21. The van der Waals surface area contributed by atoms with E-state index in [4.69, 9.17) is 4.74 Å². The molecule has 0 amide bonds. The first-order valence-electron chi connectivity index (χ1n) is 11.1. The highest BCUT2D eigenvalue weighted by molar-refractivity contribution is 5.91. The van der Waals surface area contributed by atoms with Gasteiger partial charge >= 0.3 is 5.97 Å². The molecule has 8 atom stereocenters. The average molecular weight is 407 g/mol. The van der Waals surface area contributed by atoms with Crippen LogP contribution in [0.2, 0.25) is 0 Å². The zero-order valence-electron chi connectivity index (χ0n) is 17.8. The third-order valence-corrected chi connectivity index (χ3v) is 9.45. The first-order valence-corrected chi connectivity index (χ1v) is 11.1. The zero-order chi connectivity index (χ0) is 21.2. The molecule has 4 aliphatic carbocycles. The molecule has 0 radical (unpaired) electrons. The third kappa shape index (κ3) is 2.78. The van der Waals surface area contributed by atoms with E-state index in [-0.39, 0.29) is 23.2 Å². The number of carbonyl (C=O) groups is 3. The minimum absolute atomic E-state index is 0.0642. The zero-order valence-corrected chi connectivity index (χ0v) is 17.8. The highest BCUT2D eigenvalue weighted by Gasteiger charge is 2.70. The molecule has 6 nitrogen and oxygen atoms in total. The van der Waals surface area contributed by atoms with Crippen molar-refractivity contribution >= 4 is 17.5 Å². The Kier molecular flexibility index (Phi) is 4.97. The number of Topliss-reactive ketones (excluding diaryl/α,β-unsaturated/α-hetero) is 2. The molecule has 0 bridgehead atoms. The van der Waals surface area contributed by atoms with Crippen LogP contribution in [-0.4, -0.2) is 46.1 Å². The summed E-state index contributed by atoms with van der Waals surface area (Å²) >= 11 is 0. The van der Waals surface area contributed by atoms with Crippen molar-refractivity contribution in [2.75, 3.05) is 6.61 Å². The van der Waals surface area contributed by atoms with Gasteiger partial charge in [-0.15, -0.1) is 0 Å². The van der Waals surface area contributed by atoms with Gasteiger partial charge in [0.25, 0.3) is 0 Å². The SMILES string of the molecule is CC(=O)O[C@@]1(C(=O)CO)CC[C@H]2[C@@H]3CCC4CC(=O)CC[C@]4(C)[C@H]3[C@@H](O)C[C@@]21C. The van der Waals surface area contributed by atoms with E-state index in [0.717, 1.165) is 25.7 Å². The summed E-state index contributed by atoms with van der Waals surface area (Å²) in [6.45, 7) is 4.86. The van der Waals surface area contributed by atoms with Crippen molar-refractivity contribution < 1.29 is 29.3 Å². The van der Waals surface area contributed by atoms with Gasteiger partial charge in [0.2, 0.25) is 5.78 Å². The van der Waals surface area contributed by atoms with Crippen LogP contribution in [0.25, 0.3) is 0 Å². The number of carbonyl (C=O) groups excluding carboxylic acids is 3. The van der Waals surface area contributed by atoms with E-state index in [0.29, 0.717) is 37.4 Å². The summed E-state index contributed by atoms with van der Waals surface area (Å²) in [7, 11) is 0. The molecule has 4 aliphatic rings. The van der Waals surface area contributed by atoms with Crippen molar-refractivity contribution in [3.63, 3.8) is 0 Å². The van der Waals surface area contributed by atoms with Crippen LogP contribution in [-0.2, 0) is 19.1 Å². The van der Waals surface area contributed by atoms with E-state index in [1.165, 1.54) is 6.92 Å². The van der Waals surface area contributed by atoms with Crippen LogP contribution in [0.15, 0.2) is 0 Å². The van der Waals surface area contributed by atoms with Crippen molar-refractivity contribution in [2.45, 2.75) is 83.8 Å². The number of aliphatic hydroxyl groups excluding tert-OH is 2. The Labute approximate surface area is 172 Å². The highest BCUT2D eigenvalue weighted by atomic mass is 16.6. The molecule has 0 spiro atoms. The quantitative estimate of drug-likeness (QED) is 0.698. The molecular formula is C23H34O6. The molecule has 29 heavy (non-hydrogen) atoms. The van der Waals surface area contributed by atoms with Crippen LogP contribution in [0.3, 0.4) is 0 Å².